The molecule has 1 atom stereocenters. The first kappa shape index (κ1) is 19.7. The van der Waals surface area contributed by atoms with Crippen molar-refractivity contribution in [3.63, 3.8) is 0 Å². The second-order valence-electron chi connectivity index (χ2n) is 9.38. The minimum Gasteiger partial charge on any atom is -0.384 e. The number of fused-ring (bicyclic) bond motifs is 2. The third kappa shape index (κ3) is 3.14. The number of methoxy groups -OCH3 is 1. The van der Waals surface area contributed by atoms with Crippen molar-refractivity contribution in [2.45, 2.75) is 50.4 Å². The largest absolute Gasteiger partial charge is 0.384 e. The molecule has 8 nitrogen and oxygen atoms in total. The van der Waals surface area contributed by atoms with E-state index in [-0.39, 0.29) is 29.7 Å². The summed E-state index contributed by atoms with van der Waals surface area (Å²) < 4.78 is 5.37. The van der Waals surface area contributed by atoms with Crippen molar-refractivity contribution in [2.75, 3.05) is 26.8 Å². The molecule has 1 aromatic carbocycles. The highest BCUT2D eigenvalue weighted by molar-refractivity contribution is 6.05. The highest BCUT2D eigenvalue weighted by atomic mass is 16.5. The van der Waals surface area contributed by atoms with E-state index < -0.39 is 6.04 Å². The van der Waals surface area contributed by atoms with Gasteiger partial charge in [0.1, 0.15) is 6.04 Å². The molecule has 6 rings (SSSR count). The Labute approximate surface area is 175 Å². The Morgan fingerprint density at radius 3 is 2.87 bits per heavy atom. The Morgan fingerprint density at radius 1 is 1.27 bits per heavy atom. The normalized spacial score (nSPS) is 32.2. The third-order valence-corrected chi connectivity index (χ3v) is 7.13. The number of rotatable bonds is 7. The maximum Gasteiger partial charge on any atom is 0.255 e. The Bertz CT molecular complexity index is 908. The fourth-order valence-electron chi connectivity index (χ4n) is 5.93. The van der Waals surface area contributed by atoms with Crippen LogP contribution < -0.4 is 16.0 Å². The number of nitrogens with one attached hydrogen (secondary N) is 3. The molecule has 3 saturated heterocycles. The predicted octanol–water partition coefficient (Wildman–Crippen LogP) is 0.306. The van der Waals surface area contributed by atoms with E-state index in [1.54, 1.807) is 12.0 Å². The fraction of sp³-hybridized carbons (Fsp3) is 0.591. The van der Waals surface area contributed by atoms with E-state index >= 15 is 0 Å². The van der Waals surface area contributed by atoms with Gasteiger partial charge in [-0.05, 0) is 30.4 Å². The van der Waals surface area contributed by atoms with Crippen LogP contribution >= 0.6 is 0 Å². The van der Waals surface area contributed by atoms with Crippen LogP contribution in [0.15, 0.2) is 18.2 Å². The van der Waals surface area contributed by atoms with E-state index in [9.17, 15) is 14.4 Å². The zero-order valence-corrected chi connectivity index (χ0v) is 17.3. The summed E-state index contributed by atoms with van der Waals surface area (Å²) in [5.74, 6) is -0.754. The van der Waals surface area contributed by atoms with Crippen LogP contribution in [0.1, 0.15) is 47.2 Å². The van der Waals surface area contributed by atoms with E-state index in [2.05, 4.69) is 16.0 Å². The number of ether oxygens (including phenoxy) is 1. The molecule has 2 bridgehead atoms. The lowest BCUT2D eigenvalue weighted by atomic mass is 9.62. The van der Waals surface area contributed by atoms with Gasteiger partial charge in [0.25, 0.3) is 5.91 Å². The van der Waals surface area contributed by atoms with E-state index in [0.717, 1.165) is 43.7 Å². The number of hydrogen-bond donors (Lipinski definition) is 3. The number of piperidine rings is 1. The fourth-order valence-corrected chi connectivity index (χ4v) is 5.93. The standard InChI is InChI=1S/C22H28N4O4/c1-30-13-21-9-22(10-21,24-11-21)12-23-7-14-3-2-4-15-8-26(20(29)18(14)15)16-5-6-17(27)25-19(16)28/h2-4,16,23-24H,5-13H2,1H3,(H,25,27,28). The lowest BCUT2D eigenvalue weighted by Gasteiger charge is -2.46. The van der Waals surface area contributed by atoms with Gasteiger partial charge in [0, 0.05) is 56.2 Å². The highest BCUT2D eigenvalue weighted by Crippen LogP contribution is 2.53. The van der Waals surface area contributed by atoms with Crippen LogP contribution in [0.25, 0.3) is 0 Å². The molecular formula is C22H28N4O4. The maximum atomic E-state index is 13.2. The molecule has 0 spiro atoms. The second-order valence-corrected chi connectivity index (χ2v) is 9.38. The molecule has 1 aromatic rings. The van der Waals surface area contributed by atoms with Gasteiger partial charge in [-0.15, -0.1) is 0 Å². The van der Waals surface area contributed by atoms with Gasteiger partial charge in [-0.2, -0.15) is 0 Å². The Hall–Kier alpha value is -2.29. The lowest BCUT2D eigenvalue weighted by Crippen LogP contribution is -2.55. The molecule has 30 heavy (non-hydrogen) atoms. The molecule has 4 heterocycles. The van der Waals surface area contributed by atoms with Gasteiger partial charge in [-0.3, -0.25) is 19.7 Å². The molecule has 5 aliphatic rings. The minimum absolute atomic E-state index is 0.114. The molecule has 3 amide bonds. The third-order valence-electron chi connectivity index (χ3n) is 7.13. The molecule has 1 aliphatic carbocycles. The average molecular weight is 412 g/mol. The second kappa shape index (κ2) is 7.14. The van der Waals surface area contributed by atoms with Crippen LogP contribution in [0.5, 0.6) is 0 Å². The Morgan fingerprint density at radius 2 is 2.10 bits per heavy atom. The first-order valence-corrected chi connectivity index (χ1v) is 10.6. The van der Waals surface area contributed by atoms with Crippen LogP contribution in [0.4, 0.5) is 0 Å². The van der Waals surface area contributed by atoms with Crippen LogP contribution in [0, 0.1) is 5.41 Å². The summed E-state index contributed by atoms with van der Waals surface area (Å²) in [6, 6.07) is 5.32. The van der Waals surface area contributed by atoms with Crippen molar-refractivity contribution in [1.29, 1.82) is 0 Å². The minimum atomic E-state index is -0.575. The van der Waals surface area contributed by atoms with Crippen molar-refractivity contribution in [3.8, 4) is 0 Å². The monoisotopic (exact) mass is 412 g/mol. The summed E-state index contributed by atoms with van der Waals surface area (Å²) in [4.78, 5) is 38.5. The van der Waals surface area contributed by atoms with Gasteiger partial charge in [0.05, 0.1) is 6.61 Å². The van der Waals surface area contributed by atoms with Gasteiger partial charge in [-0.1, -0.05) is 18.2 Å². The van der Waals surface area contributed by atoms with Crippen molar-refractivity contribution in [2.24, 2.45) is 5.41 Å². The quantitative estimate of drug-likeness (QED) is 0.558. The molecule has 3 N–H and O–H groups in total. The first-order valence-electron chi connectivity index (χ1n) is 10.6. The topological polar surface area (TPSA) is 99.8 Å². The Kier molecular flexibility index (Phi) is 4.68. The van der Waals surface area contributed by atoms with Gasteiger partial charge >= 0.3 is 0 Å². The molecule has 4 aliphatic heterocycles. The summed E-state index contributed by atoms with van der Waals surface area (Å²) in [6.45, 7) is 3.69. The molecule has 1 unspecified atom stereocenters. The zero-order chi connectivity index (χ0) is 20.9. The molecule has 0 aromatic heterocycles. The van der Waals surface area contributed by atoms with Crippen molar-refractivity contribution in [1.82, 2.24) is 20.9 Å². The average Bonchev–Trinajstić information content (AvgIpc) is 3.33. The van der Waals surface area contributed by atoms with Crippen molar-refractivity contribution in [3.05, 3.63) is 34.9 Å². The number of carbonyl (C=O) groups excluding carboxylic acids is 3. The predicted molar refractivity (Wildman–Crippen MR) is 108 cm³/mol. The van der Waals surface area contributed by atoms with Gasteiger partial charge in [-0.25, -0.2) is 0 Å². The highest BCUT2D eigenvalue weighted by Gasteiger charge is 2.60. The molecular weight excluding hydrogens is 384 g/mol. The zero-order valence-electron chi connectivity index (χ0n) is 17.3. The van der Waals surface area contributed by atoms with Gasteiger partial charge in [0.15, 0.2) is 0 Å². The lowest BCUT2D eigenvalue weighted by molar-refractivity contribution is -0.136. The van der Waals surface area contributed by atoms with Gasteiger partial charge < -0.3 is 20.3 Å². The van der Waals surface area contributed by atoms with Crippen LogP contribution in [-0.2, 0) is 27.4 Å². The SMILES string of the molecule is COCC12CNC(CNCc3cccc4c3C(=O)N(C3CCC(=O)NC3=O)C4)(C1)C2. The smallest absolute Gasteiger partial charge is 0.255 e. The number of nitrogens with zero attached hydrogens (tertiary/aromatic N) is 1. The maximum absolute atomic E-state index is 13.2. The summed E-state index contributed by atoms with van der Waals surface area (Å²) >= 11 is 0. The summed E-state index contributed by atoms with van der Waals surface area (Å²) in [7, 11) is 1.76. The molecule has 1 saturated carbocycles. The first-order chi connectivity index (χ1) is 14.4. The van der Waals surface area contributed by atoms with E-state index in [4.69, 9.17) is 4.74 Å². The summed E-state index contributed by atoms with van der Waals surface area (Å²) in [5, 5.41) is 9.55. The Balaban J connectivity index is 1.23. The van der Waals surface area contributed by atoms with Crippen molar-refractivity contribution >= 4 is 17.7 Å². The van der Waals surface area contributed by atoms with E-state index in [1.165, 1.54) is 0 Å². The van der Waals surface area contributed by atoms with Crippen LogP contribution in [0.3, 0.4) is 0 Å². The number of carbonyl (C=O) groups is 3. The molecule has 160 valence electrons. The molecule has 8 heteroatoms. The summed E-state index contributed by atoms with van der Waals surface area (Å²) in [6.07, 6.45) is 2.89. The number of hydrogen-bond acceptors (Lipinski definition) is 6. The van der Waals surface area contributed by atoms with Gasteiger partial charge in [0.2, 0.25) is 11.8 Å². The van der Waals surface area contributed by atoms with E-state index in [0.29, 0.717) is 30.5 Å². The molecule has 0 radical (unpaired) electrons. The van der Waals surface area contributed by atoms with E-state index in [1.807, 2.05) is 18.2 Å². The number of imide groups is 1. The number of benzene rings is 1. The molecule has 4 fully saturated rings. The van der Waals surface area contributed by atoms with Crippen molar-refractivity contribution < 1.29 is 19.1 Å². The summed E-state index contributed by atoms with van der Waals surface area (Å²) in [5.41, 5.74) is 3.05. The van der Waals surface area contributed by atoms with Crippen LogP contribution in [-0.4, -0.2) is 61.0 Å². The van der Waals surface area contributed by atoms with Crippen LogP contribution in [0.2, 0.25) is 0 Å². The number of amides is 3.